The Morgan fingerprint density at radius 1 is 1.57 bits per heavy atom. The molecule has 21 heavy (non-hydrogen) atoms. The summed E-state index contributed by atoms with van der Waals surface area (Å²) >= 11 is 0. The molecule has 6 heteroatoms. The van der Waals surface area contributed by atoms with Crippen molar-refractivity contribution < 1.29 is 19.0 Å². The van der Waals surface area contributed by atoms with Gasteiger partial charge in [-0.1, -0.05) is 0 Å². The van der Waals surface area contributed by atoms with Gasteiger partial charge in [0.15, 0.2) is 0 Å². The minimum absolute atomic E-state index is 0.0190. The lowest BCUT2D eigenvalue weighted by molar-refractivity contribution is -0.169. The van der Waals surface area contributed by atoms with Gasteiger partial charge in [-0.15, -0.1) is 0 Å². The average Bonchev–Trinajstić information content (AvgIpc) is 2.88. The number of pyridine rings is 1. The van der Waals surface area contributed by atoms with Crippen LogP contribution in [0.2, 0.25) is 0 Å². The highest BCUT2D eigenvalue weighted by atomic mass is 16.5. The van der Waals surface area contributed by atoms with E-state index in [0.29, 0.717) is 25.6 Å². The fourth-order valence-electron chi connectivity index (χ4n) is 2.99. The highest BCUT2D eigenvalue weighted by Crippen LogP contribution is 2.40. The number of rotatable bonds is 5. The van der Waals surface area contributed by atoms with Crippen molar-refractivity contribution in [3.05, 3.63) is 24.5 Å². The van der Waals surface area contributed by atoms with Gasteiger partial charge in [-0.05, 0) is 18.6 Å². The Morgan fingerprint density at radius 3 is 3.14 bits per heavy atom. The fourth-order valence-corrected chi connectivity index (χ4v) is 2.99. The number of nitrogens with zero attached hydrogens (tertiary/aromatic N) is 2. The summed E-state index contributed by atoms with van der Waals surface area (Å²) in [7, 11) is 1.53. The Kier molecular flexibility index (Phi) is 4.07. The molecule has 1 aromatic heterocycles. The third-order valence-electron chi connectivity index (χ3n) is 4.22. The number of ether oxygens (including phenoxy) is 3. The maximum Gasteiger partial charge on any atom is 0.248 e. The first-order valence-electron chi connectivity index (χ1n) is 7.17. The molecule has 2 fully saturated rings. The predicted molar refractivity (Wildman–Crippen MR) is 75.0 cm³/mol. The van der Waals surface area contributed by atoms with Gasteiger partial charge in [0.1, 0.15) is 18.0 Å². The molecule has 3 heterocycles. The lowest BCUT2D eigenvalue weighted by Crippen LogP contribution is -2.67. The first kappa shape index (κ1) is 14.3. The molecule has 1 atom stereocenters. The Morgan fingerprint density at radius 2 is 2.43 bits per heavy atom. The van der Waals surface area contributed by atoms with Crippen molar-refractivity contribution in [1.29, 1.82) is 0 Å². The first-order valence-corrected chi connectivity index (χ1v) is 7.17. The summed E-state index contributed by atoms with van der Waals surface area (Å²) in [4.78, 5) is 17.6. The summed E-state index contributed by atoms with van der Waals surface area (Å²) < 4.78 is 16.6. The van der Waals surface area contributed by atoms with Crippen LogP contribution in [-0.2, 0) is 14.3 Å². The van der Waals surface area contributed by atoms with Crippen LogP contribution in [0.25, 0.3) is 0 Å². The maximum atomic E-state index is 11.8. The van der Waals surface area contributed by atoms with Crippen LogP contribution in [0, 0.1) is 5.92 Å². The molecule has 2 aliphatic rings. The maximum absolute atomic E-state index is 11.8. The highest BCUT2D eigenvalue weighted by Gasteiger charge is 2.54. The van der Waals surface area contributed by atoms with Crippen molar-refractivity contribution in [2.45, 2.75) is 12.0 Å². The van der Waals surface area contributed by atoms with Crippen LogP contribution < -0.4 is 4.74 Å². The van der Waals surface area contributed by atoms with Gasteiger partial charge in [0.2, 0.25) is 5.91 Å². The summed E-state index contributed by atoms with van der Waals surface area (Å²) in [5.74, 6) is 1.10. The highest BCUT2D eigenvalue weighted by molar-refractivity contribution is 5.78. The molecule has 1 amide bonds. The van der Waals surface area contributed by atoms with Crippen molar-refractivity contribution in [1.82, 2.24) is 9.88 Å². The number of methoxy groups -OCH3 is 1. The van der Waals surface area contributed by atoms with Gasteiger partial charge in [-0.25, -0.2) is 0 Å². The van der Waals surface area contributed by atoms with Crippen LogP contribution in [0.3, 0.4) is 0 Å². The molecule has 2 saturated heterocycles. The van der Waals surface area contributed by atoms with Gasteiger partial charge < -0.3 is 19.1 Å². The monoisotopic (exact) mass is 292 g/mol. The largest absolute Gasteiger partial charge is 0.492 e. The normalized spacial score (nSPS) is 23.1. The van der Waals surface area contributed by atoms with Crippen molar-refractivity contribution in [2.24, 2.45) is 5.92 Å². The Balaban J connectivity index is 1.54. The Bertz CT molecular complexity index is 488. The van der Waals surface area contributed by atoms with Gasteiger partial charge >= 0.3 is 0 Å². The van der Waals surface area contributed by atoms with Gasteiger partial charge in [-0.3, -0.25) is 9.78 Å². The Hall–Kier alpha value is -1.66. The van der Waals surface area contributed by atoms with Crippen molar-refractivity contribution in [2.75, 3.05) is 40.0 Å². The molecule has 0 radical (unpaired) electrons. The van der Waals surface area contributed by atoms with E-state index in [1.165, 1.54) is 7.11 Å². The number of carbonyl (C=O) groups is 1. The molecule has 6 nitrogen and oxygen atoms in total. The number of aromatic nitrogens is 1. The molecule has 0 aliphatic carbocycles. The third-order valence-corrected chi connectivity index (χ3v) is 4.22. The smallest absolute Gasteiger partial charge is 0.248 e. The zero-order valence-electron chi connectivity index (χ0n) is 12.2. The molecule has 114 valence electrons. The number of hydrogen-bond acceptors (Lipinski definition) is 5. The van der Waals surface area contributed by atoms with Gasteiger partial charge in [-0.2, -0.15) is 0 Å². The predicted octanol–water partition coefficient (Wildman–Crippen LogP) is 0.724. The molecule has 0 saturated carbocycles. The SMILES string of the molecule is COCC(=O)N1CC2(C1)OCC[C@@H]2COc1cccnc1. The molecule has 0 unspecified atom stereocenters. The standard InChI is InChI=1S/C15H20N2O4/c1-19-9-14(18)17-10-15(11-17)12(4-6-21-15)8-20-13-3-2-5-16-7-13/h2-3,5,7,12H,4,6,8-11H2,1H3/t12-/m1/s1. The minimum Gasteiger partial charge on any atom is -0.492 e. The van der Waals surface area contributed by atoms with Crippen LogP contribution in [0.15, 0.2) is 24.5 Å². The number of amides is 1. The zero-order valence-corrected chi connectivity index (χ0v) is 12.2. The quantitative estimate of drug-likeness (QED) is 0.800. The van der Waals surface area contributed by atoms with Crippen LogP contribution in [-0.4, -0.2) is 61.4 Å². The lowest BCUT2D eigenvalue weighted by atomic mass is 9.81. The molecule has 0 bridgehead atoms. The number of carbonyl (C=O) groups excluding carboxylic acids is 1. The van der Waals surface area contributed by atoms with Crippen molar-refractivity contribution in [3.63, 3.8) is 0 Å². The molecule has 1 spiro atoms. The van der Waals surface area contributed by atoms with Crippen molar-refractivity contribution in [3.8, 4) is 5.75 Å². The number of likely N-dealkylation sites (tertiary alicyclic amines) is 1. The third kappa shape index (κ3) is 2.87. The van der Waals surface area contributed by atoms with Gasteiger partial charge in [0, 0.05) is 25.8 Å². The second-order valence-corrected chi connectivity index (χ2v) is 5.58. The summed E-state index contributed by atoms with van der Waals surface area (Å²) in [6, 6.07) is 3.75. The van der Waals surface area contributed by atoms with E-state index in [1.54, 1.807) is 17.3 Å². The van der Waals surface area contributed by atoms with Crippen molar-refractivity contribution >= 4 is 5.91 Å². The summed E-state index contributed by atoms with van der Waals surface area (Å²) in [5.41, 5.74) is -0.231. The minimum atomic E-state index is -0.231. The second kappa shape index (κ2) is 5.99. The number of hydrogen-bond donors (Lipinski definition) is 0. The topological polar surface area (TPSA) is 60.9 Å². The molecular weight excluding hydrogens is 272 g/mol. The van der Waals surface area contributed by atoms with Crippen LogP contribution >= 0.6 is 0 Å². The van der Waals surface area contributed by atoms with E-state index < -0.39 is 0 Å². The molecule has 1 aromatic rings. The van der Waals surface area contributed by atoms with E-state index in [9.17, 15) is 4.79 Å². The van der Waals surface area contributed by atoms with E-state index in [4.69, 9.17) is 14.2 Å². The van der Waals surface area contributed by atoms with E-state index in [1.807, 2.05) is 12.1 Å². The van der Waals surface area contributed by atoms with Gasteiger partial charge in [0.05, 0.1) is 25.9 Å². The van der Waals surface area contributed by atoms with Crippen LogP contribution in [0.4, 0.5) is 0 Å². The van der Waals surface area contributed by atoms with E-state index in [2.05, 4.69) is 4.98 Å². The average molecular weight is 292 g/mol. The van der Waals surface area contributed by atoms with E-state index in [-0.39, 0.29) is 18.1 Å². The first-order chi connectivity index (χ1) is 10.2. The molecule has 2 aliphatic heterocycles. The Labute approximate surface area is 124 Å². The summed E-state index contributed by atoms with van der Waals surface area (Å²) in [6.07, 6.45) is 4.39. The molecule has 3 rings (SSSR count). The van der Waals surface area contributed by atoms with E-state index in [0.717, 1.165) is 18.8 Å². The molecule has 0 aromatic carbocycles. The van der Waals surface area contributed by atoms with Gasteiger partial charge in [0.25, 0.3) is 0 Å². The summed E-state index contributed by atoms with van der Waals surface area (Å²) in [6.45, 7) is 2.73. The second-order valence-electron chi connectivity index (χ2n) is 5.58. The molecule has 0 N–H and O–H groups in total. The molecular formula is C15H20N2O4. The van der Waals surface area contributed by atoms with Crippen LogP contribution in [0.5, 0.6) is 5.75 Å². The summed E-state index contributed by atoms with van der Waals surface area (Å²) in [5, 5.41) is 0. The zero-order chi connectivity index (χ0) is 14.7. The van der Waals surface area contributed by atoms with Crippen LogP contribution in [0.1, 0.15) is 6.42 Å². The van der Waals surface area contributed by atoms with E-state index >= 15 is 0 Å². The fraction of sp³-hybridized carbons (Fsp3) is 0.600. The lowest BCUT2D eigenvalue weighted by Gasteiger charge is -2.50.